The second-order valence-electron chi connectivity index (χ2n) is 4.87. The van der Waals surface area contributed by atoms with Crippen LogP contribution in [0.2, 0.25) is 0 Å². The highest BCUT2D eigenvalue weighted by Gasteiger charge is 2.16. The van der Waals surface area contributed by atoms with Crippen molar-refractivity contribution in [3.63, 3.8) is 0 Å². The molecule has 0 fully saturated rings. The third-order valence-electron chi connectivity index (χ3n) is 3.67. The van der Waals surface area contributed by atoms with Crippen LogP contribution in [0.1, 0.15) is 32.1 Å². The Balaban J connectivity index is 2.12. The number of nitrogens with two attached hydrogens (primary N) is 1. The van der Waals surface area contributed by atoms with Crippen LogP contribution in [-0.4, -0.2) is 24.5 Å². The van der Waals surface area contributed by atoms with E-state index in [1.54, 1.807) is 6.07 Å². The van der Waals surface area contributed by atoms with Crippen LogP contribution in [-0.2, 0) is 0 Å². The molecule has 1 aromatic carbocycles. The van der Waals surface area contributed by atoms with Gasteiger partial charge in [0.2, 0.25) is 0 Å². The molecule has 0 amide bonds. The highest BCUT2D eigenvalue weighted by atomic mass is 19.1. The Bertz CT molecular complexity index is 551. The predicted molar refractivity (Wildman–Crippen MR) is 78.6 cm³/mol. The summed E-state index contributed by atoms with van der Waals surface area (Å²) in [5.41, 5.74) is 3.47. The van der Waals surface area contributed by atoms with E-state index in [0.29, 0.717) is 5.58 Å². The van der Waals surface area contributed by atoms with Gasteiger partial charge in [0.1, 0.15) is 17.2 Å². The average molecular weight is 279 g/mol. The van der Waals surface area contributed by atoms with E-state index in [2.05, 4.69) is 24.2 Å². The summed E-state index contributed by atoms with van der Waals surface area (Å²) >= 11 is 0. The van der Waals surface area contributed by atoms with Crippen molar-refractivity contribution in [3.05, 3.63) is 35.8 Å². The van der Waals surface area contributed by atoms with Crippen molar-refractivity contribution >= 4 is 11.0 Å². The molecule has 1 unspecified atom stereocenters. The van der Waals surface area contributed by atoms with Crippen LogP contribution < -0.4 is 11.3 Å². The van der Waals surface area contributed by atoms with Crippen molar-refractivity contribution in [3.8, 4) is 0 Å². The van der Waals surface area contributed by atoms with Gasteiger partial charge in [-0.05, 0) is 43.8 Å². The van der Waals surface area contributed by atoms with Crippen LogP contribution in [0.25, 0.3) is 11.0 Å². The molecule has 2 rings (SSSR count). The number of fused-ring (bicyclic) bond motifs is 1. The second-order valence-corrected chi connectivity index (χ2v) is 4.87. The molecule has 5 heteroatoms. The highest BCUT2D eigenvalue weighted by molar-refractivity contribution is 5.78. The number of rotatable bonds is 7. The molecule has 1 atom stereocenters. The van der Waals surface area contributed by atoms with Gasteiger partial charge in [0, 0.05) is 11.9 Å². The number of benzene rings is 1. The lowest BCUT2D eigenvalue weighted by Crippen LogP contribution is -2.32. The van der Waals surface area contributed by atoms with E-state index in [-0.39, 0.29) is 11.9 Å². The Labute approximate surface area is 118 Å². The van der Waals surface area contributed by atoms with Crippen LogP contribution in [0, 0.1) is 5.82 Å². The van der Waals surface area contributed by atoms with Crippen molar-refractivity contribution in [2.75, 3.05) is 19.6 Å². The summed E-state index contributed by atoms with van der Waals surface area (Å²) < 4.78 is 18.9. The van der Waals surface area contributed by atoms with Gasteiger partial charge in [-0.15, -0.1) is 0 Å². The molecule has 3 N–H and O–H groups in total. The lowest BCUT2D eigenvalue weighted by molar-refractivity contribution is 0.273. The second kappa shape index (κ2) is 6.83. The standard InChI is InChI=1S/C15H22FN3O/c1-3-19(4-2)8-7-13(18-17)15-10-11-9-12(16)5-6-14(11)20-15/h5-6,9-10,13,18H,3-4,7-8,17H2,1-2H3. The molecule has 0 saturated carbocycles. The zero-order valence-electron chi connectivity index (χ0n) is 12.0. The molecule has 0 radical (unpaired) electrons. The number of hydrazine groups is 1. The largest absolute Gasteiger partial charge is 0.459 e. The van der Waals surface area contributed by atoms with E-state index < -0.39 is 0 Å². The van der Waals surface area contributed by atoms with Gasteiger partial charge in [-0.3, -0.25) is 5.84 Å². The van der Waals surface area contributed by atoms with Crippen molar-refractivity contribution in [2.45, 2.75) is 26.3 Å². The minimum Gasteiger partial charge on any atom is -0.459 e. The van der Waals surface area contributed by atoms with Crippen molar-refractivity contribution in [1.82, 2.24) is 10.3 Å². The Morgan fingerprint density at radius 3 is 2.70 bits per heavy atom. The number of halogens is 1. The summed E-state index contributed by atoms with van der Waals surface area (Å²) in [5, 5.41) is 0.767. The molecule has 110 valence electrons. The van der Waals surface area contributed by atoms with Gasteiger partial charge >= 0.3 is 0 Å². The van der Waals surface area contributed by atoms with Crippen LogP contribution in [0.3, 0.4) is 0 Å². The van der Waals surface area contributed by atoms with Gasteiger partial charge in [-0.1, -0.05) is 13.8 Å². The van der Waals surface area contributed by atoms with E-state index in [9.17, 15) is 4.39 Å². The maximum absolute atomic E-state index is 13.2. The smallest absolute Gasteiger partial charge is 0.134 e. The summed E-state index contributed by atoms with van der Waals surface area (Å²) in [7, 11) is 0. The molecule has 0 aliphatic rings. The highest BCUT2D eigenvalue weighted by Crippen LogP contribution is 2.26. The monoisotopic (exact) mass is 279 g/mol. The summed E-state index contributed by atoms with van der Waals surface area (Å²) in [6, 6.07) is 6.31. The lowest BCUT2D eigenvalue weighted by atomic mass is 10.1. The van der Waals surface area contributed by atoms with Gasteiger partial charge in [0.25, 0.3) is 0 Å². The van der Waals surface area contributed by atoms with Crippen LogP contribution in [0.15, 0.2) is 28.7 Å². The fraction of sp³-hybridized carbons (Fsp3) is 0.467. The predicted octanol–water partition coefficient (Wildman–Crippen LogP) is 2.81. The van der Waals surface area contributed by atoms with Gasteiger partial charge in [-0.25, -0.2) is 9.82 Å². The molecular weight excluding hydrogens is 257 g/mol. The number of nitrogens with one attached hydrogen (secondary N) is 1. The molecule has 4 nitrogen and oxygen atoms in total. The third kappa shape index (κ3) is 3.36. The van der Waals surface area contributed by atoms with Gasteiger partial charge in [-0.2, -0.15) is 0 Å². The first-order valence-electron chi connectivity index (χ1n) is 7.05. The Morgan fingerprint density at radius 2 is 2.05 bits per heavy atom. The first-order valence-corrected chi connectivity index (χ1v) is 7.05. The summed E-state index contributed by atoms with van der Waals surface area (Å²) in [4.78, 5) is 2.33. The van der Waals surface area contributed by atoms with Crippen molar-refractivity contribution < 1.29 is 8.81 Å². The Hall–Kier alpha value is -1.43. The molecule has 20 heavy (non-hydrogen) atoms. The van der Waals surface area contributed by atoms with E-state index in [1.807, 2.05) is 6.07 Å². The summed E-state index contributed by atoms with van der Waals surface area (Å²) in [6.07, 6.45) is 0.848. The first kappa shape index (κ1) is 15.0. The maximum atomic E-state index is 13.2. The van der Waals surface area contributed by atoms with Gasteiger partial charge in [0.15, 0.2) is 0 Å². The van der Waals surface area contributed by atoms with Crippen LogP contribution >= 0.6 is 0 Å². The number of hydrogen-bond acceptors (Lipinski definition) is 4. The first-order chi connectivity index (χ1) is 9.67. The topological polar surface area (TPSA) is 54.4 Å². The van der Waals surface area contributed by atoms with Crippen molar-refractivity contribution in [1.29, 1.82) is 0 Å². The number of hydrogen-bond donors (Lipinski definition) is 2. The Kier molecular flexibility index (Phi) is 5.11. The van der Waals surface area contributed by atoms with E-state index in [4.69, 9.17) is 10.3 Å². The van der Waals surface area contributed by atoms with Crippen LogP contribution in [0.4, 0.5) is 4.39 Å². The van der Waals surface area contributed by atoms with E-state index in [1.165, 1.54) is 12.1 Å². The molecule has 0 spiro atoms. The normalized spacial score (nSPS) is 13.2. The third-order valence-corrected chi connectivity index (χ3v) is 3.67. The molecule has 2 aromatic rings. The van der Waals surface area contributed by atoms with Gasteiger partial charge in [0.05, 0.1) is 6.04 Å². The van der Waals surface area contributed by atoms with Crippen molar-refractivity contribution in [2.24, 2.45) is 5.84 Å². The fourth-order valence-electron chi connectivity index (χ4n) is 2.37. The van der Waals surface area contributed by atoms with E-state index in [0.717, 1.165) is 37.2 Å². The number of nitrogens with zero attached hydrogens (tertiary/aromatic N) is 1. The Morgan fingerprint density at radius 1 is 1.30 bits per heavy atom. The fourth-order valence-corrected chi connectivity index (χ4v) is 2.37. The molecular formula is C15H22FN3O. The lowest BCUT2D eigenvalue weighted by Gasteiger charge is -2.21. The zero-order chi connectivity index (χ0) is 14.5. The SMILES string of the molecule is CCN(CC)CCC(NN)c1cc2cc(F)ccc2o1. The minimum atomic E-state index is -0.259. The summed E-state index contributed by atoms with van der Waals surface area (Å²) in [6.45, 7) is 7.24. The molecule has 1 heterocycles. The van der Waals surface area contributed by atoms with E-state index >= 15 is 0 Å². The molecule has 0 saturated heterocycles. The molecule has 0 bridgehead atoms. The minimum absolute atomic E-state index is 0.0638. The maximum Gasteiger partial charge on any atom is 0.134 e. The summed E-state index contributed by atoms with van der Waals surface area (Å²) in [5.74, 6) is 6.11. The quantitative estimate of drug-likeness (QED) is 0.604. The average Bonchev–Trinajstić information content (AvgIpc) is 2.86. The zero-order valence-corrected chi connectivity index (χ0v) is 12.0. The molecule has 1 aromatic heterocycles. The molecule has 0 aliphatic heterocycles. The van der Waals surface area contributed by atoms with Crippen LogP contribution in [0.5, 0.6) is 0 Å². The van der Waals surface area contributed by atoms with Gasteiger partial charge < -0.3 is 9.32 Å². The molecule has 0 aliphatic carbocycles. The number of furan rings is 1.